The molecule has 25 heavy (non-hydrogen) atoms. The smallest absolute Gasteiger partial charge is 0.406 e. The third-order valence-electron chi connectivity index (χ3n) is 3.88. The first-order chi connectivity index (χ1) is 11.8. The number of benzene rings is 2. The van der Waals surface area contributed by atoms with Crippen LogP contribution in [0.5, 0.6) is 5.75 Å². The Hall–Kier alpha value is -2.11. The third-order valence-corrected chi connectivity index (χ3v) is 3.88. The van der Waals surface area contributed by atoms with Gasteiger partial charge in [-0.05, 0) is 54.5 Å². The molecule has 0 heterocycles. The largest absolute Gasteiger partial charge is 0.573 e. The molecule has 0 aliphatic carbocycles. The molecule has 0 fully saturated rings. The fraction of sp³-hybridized carbons (Fsp3) is 0.368. The van der Waals surface area contributed by atoms with Crippen LogP contribution in [0.3, 0.4) is 0 Å². The van der Waals surface area contributed by atoms with Crippen molar-refractivity contribution in [3.05, 3.63) is 64.7 Å². The Morgan fingerprint density at radius 2 is 1.36 bits per heavy atom. The minimum absolute atomic E-state index is 0.258. The van der Waals surface area contributed by atoms with E-state index >= 15 is 0 Å². The highest BCUT2D eigenvalue weighted by molar-refractivity contribution is 5.30. The van der Waals surface area contributed by atoms with E-state index in [0.29, 0.717) is 24.0 Å². The molecule has 0 aromatic heterocycles. The molecule has 0 saturated heterocycles. The molecule has 0 radical (unpaired) electrons. The quantitative estimate of drug-likeness (QED) is 0.552. The van der Waals surface area contributed by atoms with Crippen LogP contribution in [0.4, 0.5) is 22.0 Å². The number of halogens is 5. The molecule has 0 aliphatic heterocycles. The zero-order valence-electron chi connectivity index (χ0n) is 13.8. The van der Waals surface area contributed by atoms with Gasteiger partial charge in [0.1, 0.15) is 5.75 Å². The average Bonchev–Trinajstić information content (AvgIpc) is 2.55. The van der Waals surface area contributed by atoms with Crippen molar-refractivity contribution in [2.75, 3.05) is 0 Å². The van der Waals surface area contributed by atoms with Gasteiger partial charge < -0.3 is 4.74 Å². The molecule has 2 aromatic carbocycles. The highest BCUT2D eigenvalue weighted by atomic mass is 19.4. The number of rotatable bonds is 7. The van der Waals surface area contributed by atoms with E-state index in [0.717, 1.165) is 12.8 Å². The van der Waals surface area contributed by atoms with Gasteiger partial charge in [0, 0.05) is 0 Å². The second-order valence-electron chi connectivity index (χ2n) is 5.81. The Labute approximate surface area is 143 Å². The van der Waals surface area contributed by atoms with Crippen LogP contribution in [-0.2, 0) is 19.3 Å². The Kier molecular flexibility index (Phi) is 6.39. The van der Waals surface area contributed by atoms with Crippen LogP contribution >= 0.6 is 0 Å². The lowest BCUT2D eigenvalue weighted by atomic mass is 10.00. The van der Waals surface area contributed by atoms with Crippen LogP contribution in [0.25, 0.3) is 0 Å². The minimum atomic E-state index is -4.73. The van der Waals surface area contributed by atoms with Crippen molar-refractivity contribution in [2.24, 2.45) is 0 Å². The number of hydrogen-bond acceptors (Lipinski definition) is 1. The number of ether oxygens (including phenoxy) is 1. The van der Waals surface area contributed by atoms with Gasteiger partial charge in [-0.25, -0.2) is 8.78 Å². The molecule has 1 nitrogen and oxygen atoms in total. The van der Waals surface area contributed by atoms with E-state index in [2.05, 4.69) is 4.74 Å². The molecule has 2 aromatic rings. The highest BCUT2D eigenvalue weighted by Crippen LogP contribution is 2.24. The maximum Gasteiger partial charge on any atom is 0.573 e. The third kappa shape index (κ3) is 5.73. The molecule has 0 unspecified atom stereocenters. The SMILES string of the molecule is CCCCc1ccc(CCc2ccc(OC(F)(F)F)cc2)c(F)c1F. The van der Waals surface area contributed by atoms with Crippen LogP contribution in [0.2, 0.25) is 0 Å². The molecule has 136 valence electrons. The van der Waals surface area contributed by atoms with Gasteiger partial charge in [-0.1, -0.05) is 37.6 Å². The first-order valence-corrected chi connectivity index (χ1v) is 8.10. The predicted molar refractivity (Wildman–Crippen MR) is 85.5 cm³/mol. The van der Waals surface area contributed by atoms with Gasteiger partial charge in [0.15, 0.2) is 11.6 Å². The van der Waals surface area contributed by atoms with Crippen LogP contribution in [0, 0.1) is 11.6 Å². The van der Waals surface area contributed by atoms with E-state index in [-0.39, 0.29) is 17.7 Å². The van der Waals surface area contributed by atoms with E-state index in [9.17, 15) is 22.0 Å². The van der Waals surface area contributed by atoms with Crippen molar-refractivity contribution in [2.45, 2.75) is 45.4 Å². The Morgan fingerprint density at radius 1 is 0.800 bits per heavy atom. The molecule has 0 saturated carbocycles. The molecular formula is C19H19F5O. The maximum atomic E-state index is 14.1. The molecule has 2 rings (SSSR count). The molecule has 0 atom stereocenters. The molecular weight excluding hydrogens is 339 g/mol. The van der Waals surface area contributed by atoms with Crippen molar-refractivity contribution >= 4 is 0 Å². The van der Waals surface area contributed by atoms with Crippen molar-refractivity contribution < 1.29 is 26.7 Å². The second kappa shape index (κ2) is 8.32. The van der Waals surface area contributed by atoms with Crippen LogP contribution in [0.1, 0.15) is 36.5 Å². The van der Waals surface area contributed by atoms with E-state index < -0.39 is 18.0 Å². The standard InChI is InChI=1S/C19H19F5O/c1-2-3-4-14-9-10-15(18(21)17(14)20)8-5-13-6-11-16(12-7-13)25-19(22,23)24/h6-7,9-12H,2-5,8H2,1H3. The molecule has 0 amide bonds. The van der Waals surface area contributed by atoms with E-state index in [1.807, 2.05) is 6.92 Å². The average molecular weight is 358 g/mol. The van der Waals surface area contributed by atoms with Crippen molar-refractivity contribution in [3.8, 4) is 5.75 Å². The van der Waals surface area contributed by atoms with Crippen LogP contribution < -0.4 is 4.74 Å². The minimum Gasteiger partial charge on any atom is -0.406 e. The number of alkyl halides is 3. The van der Waals surface area contributed by atoms with E-state index in [4.69, 9.17) is 0 Å². The Morgan fingerprint density at radius 3 is 1.88 bits per heavy atom. The van der Waals surface area contributed by atoms with E-state index in [1.54, 1.807) is 12.1 Å². The topological polar surface area (TPSA) is 9.23 Å². The summed E-state index contributed by atoms with van der Waals surface area (Å²) in [5.41, 5.74) is 1.34. The highest BCUT2D eigenvalue weighted by Gasteiger charge is 2.30. The number of aryl methyl sites for hydroxylation is 3. The van der Waals surface area contributed by atoms with Crippen LogP contribution in [0.15, 0.2) is 36.4 Å². The summed E-state index contributed by atoms with van der Waals surface area (Å²) in [4.78, 5) is 0. The summed E-state index contributed by atoms with van der Waals surface area (Å²) >= 11 is 0. The maximum absolute atomic E-state index is 14.1. The number of hydrogen-bond donors (Lipinski definition) is 0. The summed E-state index contributed by atoms with van der Waals surface area (Å²) in [6.07, 6.45) is -1.89. The fourth-order valence-electron chi connectivity index (χ4n) is 2.52. The van der Waals surface area contributed by atoms with Gasteiger partial charge in [-0.15, -0.1) is 13.2 Å². The second-order valence-corrected chi connectivity index (χ2v) is 5.81. The van der Waals surface area contributed by atoms with Gasteiger partial charge in [-0.2, -0.15) is 0 Å². The van der Waals surface area contributed by atoms with Crippen molar-refractivity contribution in [1.82, 2.24) is 0 Å². The fourth-order valence-corrected chi connectivity index (χ4v) is 2.52. The lowest BCUT2D eigenvalue weighted by Gasteiger charge is -2.10. The molecule has 0 bridgehead atoms. The summed E-state index contributed by atoms with van der Waals surface area (Å²) in [5, 5.41) is 0. The zero-order valence-corrected chi connectivity index (χ0v) is 13.8. The normalized spacial score (nSPS) is 11.6. The summed E-state index contributed by atoms with van der Waals surface area (Å²) < 4.78 is 68.2. The summed E-state index contributed by atoms with van der Waals surface area (Å²) in [6, 6.07) is 8.53. The van der Waals surface area contributed by atoms with Gasteiger partial charge in [0.2, 0.25) is 0 Å². The van der Waals surface area contributed by atoms with Crippen molar-refractivity contribution in [1.29, 1.82) is 0 Å². The molecule has 0 spiro atoms. The first-order valence-electron chi connectivity index (χ1n) is 8.10. The van der Waals surface area contributed by atoms with E-state index in [1.165, 1.54) is 24.3 Å². The Balaban J connectivity index is 2.00. The first kappa shape index (κ1) is 19.2. The lowest BCUT2D eigenvalue weighted by molar-refractivity contribution is -0.274. The molecule has 0 aliphatic rings. The van der Waals surface area contributed by atoms with Gasteiger partial charge >= 0.3 is 6.36 Å². The summed E-state index contributed by atoms with van der Waals surface area (Å²) in [6.45, 7) is 1.98. The van der Waals surface area contributed by atoms with Gasteiger partial charge in [0.25, 0.3) is 0 Å². The lowest BCUT2D eigenvalue weighted by Crippen LogP contribution is -2.17. The predicted octanol–water partition coefficient (Wildman–Crippen LogP) is 5.99. The Bertz CT molecular complexity index is 692. The van der Waals surface area contributed by atoms with Gasteiger partial charge in [-0.3, -0.25) is 0 Å². The van der Waals surface area contributed by atoms with Gasteiger partial charge in [0.05, 0.1) is 0 Å². The molecule has 6 heteroatoms. The molecule has 0 N–H and O–H groups in total. The monoisotopic (exact) mass is 358 g/mol. The summed E-state index contributed by atoms with van der Waals surface area (Å²) in [7, 11) is 0. The van der Waals surface area contributed by atoms with Crippen molar-refractivity contribution in [3.63, 3.8) is 0 Å². The van der Waals surface area contributed by atoms with Crippen LogP contribution in [-0.4, -0.2) is 6.36 Å². The number of unbranched alkanes of at least 4 members (excludes halogenated alkanes) is 1. The zero-order chi connectivity index (χ0) is 18.4. The summed E-state index contributed by atoms with van der Waals surface area (Å²) in [5.74, 6) is -1.96.